The van der Waals surface area contributed by atoms with E-state index in [2.05, 4.69) is 24.4 Å². The first-order valence-electron chi connectivity index (χ1n) is 6.56. The van der Waals surface area contributed by atoms with Crippen LogP contribution >= 0.6 is 11.6 Å². The maximum Gasteiger partial charge on any atom is 0.226 e. The first-order chi connectivity index (χ1) is 9.33. The van der Waals surface area contributed by atoms with E-state index < -0.39 is 0 Å². The van der Waals surface area contributed by atoms with Crippen LogP contribution < -0.4 is 4.90 Å². The lowest BCUT2D eigenvalue weighted by atomic mass is 10.3. The maximum absolute atomic E-state index is 6.08. The van der Waals surface area contributed by atoms with E-state index in [1.54, 1.807) is 0 Å². The first kappa shape index (κ1) is 11.4. The molecule has 1 aliphatic heterocycles. The average molecular weight is 280 g/mol. The molecule has 0 spiro atoms. The molecule has 0 amide bonds. The minimum absolute atomic E-state index is 0.288. The molecule has 3 heterocycles. The monoisotopic (exact) mass is 279 g/mol. The summed E-state index contributed by atoms with van der Waals surface area (Å²) in [5.74, 6) is 0.831. The van der Waals surface area contributed by atoms with E-state index in [1.807, 2.05) is 6.33 Å². The predicted molar refractivity (Wildman–Crippen MR) is 71.6 cm³/mol. The number of halogens is 1. The lowest BCUT2D eigenvalue weighted by Crippen LogP contribution is -2.37. The van der Waals surface area contributed by atoms with E-state index in [-0.39, 0.29) is 5.28 Å². The topological polar surface area (TPSA) is 56.1 Å². The maximum atomic E-state index is 6.08. The van der Waals surface area contributed by atoms with Crippen LogP contribution in [0.25, 0.3) is 11.2 Å². The fourth-order valence-corrected chi connectivity index (χ4v) is 2.65. The highest BCUT2D eigenvalue weighted by molar-refractivity contribution is 6.28. The summed E-state index contributed by atoms with van der Waals surface area (Å²) in [6.07, 6.45) is 4.25. The Labute approximate surface area is 115 Å². The van der Waals surface area contributed by atoms with Crippen molar-refractivity contribution >= 4 is 28.6 Å². The van der Waals surface area contributed by atoms with E-state index in [9.17, 15) is 0 Å². The SMILES string of the molecule is Clc1nc(N2CCOCC2)c2ncn(C3CC3)c2n1. The van der Waals surface area contributed by atoms with E-state index in [4.69, 9.17) is 16.3 Å². The summed E-state index contributed by atoms with van der Waals surface area (Å²) in [6.45, 7) is 3.07. The van der Waals surface area contributed by atoms with Gasteiger partial charge in [-0.1, -0.05) is 0 Å². The van der Waals surface area contributed by atoms with Gasteiger partial charge >= 0.3 is 0 Å². The number of imidazole rings is 1. The van der Waals surface area contributed by atoms with Crippen LogP contribution in [0.1, 0.15) is 18.9 Å². The summed E-state index contributed by atoms with van der Waals surface area (Å²) in [5.41, 5.74) is 1.70. The van der Waals surface area contributed by atoms with Crippen molar-refractivity contribution in [2.24, 2.45) is 0 Å². The third-order valence-electron chi connectivity index (χ3n) is 3.63. The molecular formula is C12H14ClN5O. The smallest absolute Gasteiger partial charge is 0.226 e. The number of nitrogens with zero attached hydrogens (tertiary/aromatic N) is 5. The minimum Gasteiger partial charge on any atom is -0.378 e. The van der Waals surface area contributed by atoms with Gasteiger partial charge in [0.2, 0.25) is 5.28 Å². The molecule has 100 valence electrons. The van der Waals surface area contributed by atoms with Gasteiger partial charge < -0.3 is 14.2 Å². The van der Waals surface area contributed by atoms with Crippen molar-refractivity contribution in [2.45, 2.75) is 18.9 Å². The molecule has 2 aromatic rings. The van der Waals surface area contributed by atoms with Crippen molar-refractivity contribution < 1.29 is 4.74 Å². The normalized spacial score (nSPS) is 20.2. The van der Waals surface area contributed by atoms with Crippen LogP contribution in [-0.4, -0.2) is 45.8 Å². The Bertz CT molecular complexity index is 618. The van der Waals surface area contributed by atoms with Crippen molar-refractivity contribution in [2.75, 3.05) is 31.2 Å². The van der Waals surface area contributed by atoms with Gasteiger partial charge in [-0.05, 0) is 24.4 Å². The highest BCUT2D eigenvalue weighted by atomic mass is 35.5. The molecule has 2 fully saturated rings. The highest BCUT2D eigenvalue weighted by Crippen LogP contribution is 2.38. The van der Waals surface area contributed by atoms with Gasteiger partial charge in [-0.15, -0.1) is 0 Å². The van der Waals surface area contributed by atoms with Gasteiger partial charge in [0.1, 0.15) is 0 Å². The third kappa shape index (κ3) is 1.95. The summed E-state index contributed by atoms with van der Waals surface area (Å²) in [6, 6.07) is 0.536. The molecule has 6 nitrogen and oxygen atoms in total. The predicted octanol–water partition coefficient (Wildman–Crippen LogP) is 1.65. The quantitative estimate of drug-likeness (QED) is 0.783. The Hall–Kier alpha value is -1.40. The van der Waals surface area contributed by atoms with Gasteiger partial charge in [-0.25, -0.2) is 4.98 Å². The molecular weight excluding hydrogens is 266 g/mol. The third-order valence-corrected chi connectivity index (χ3v) is 3.80. The molecule has 1 aliphatic carbocycles. The molecule has 0 radical (unpaired) electrons. The molecule has 2 aliphatic rings. The van der Waals surface area contributed by atoms with Crippen LogP contribution in [0.5, 0.6) is 0 Å². The summed E-state index contributed by atoms with van der Waals surface area (Å²) >= 11 is 6.08. The molecule has 0 aromatic carbocycles. The zero-order chi connectivity index (χ0) is 12.8. The van der Waals surface area contributed by atoms with Gasteiger partial charge in [0, 0.05) is 19.1 Å². The summed E-state index contributed by atoms with van der Waals surface area (Å²) in [5, 5.41) is 0.288. The first-order valence-corrected chi connectivity index (χ1v) is 6.93. The number of hydrogen-bond donors (Lipinski definition) is 0. The molecule has 0 bridgehead atoms. The van der Waals surface area contributed by atoms with Crippen LogP contribution in [0, 0.1) is 0 Å². The van der Waals surface area contributed by atoms with Crippen molar-refractivity contribution in [1.82, 2.24) is 19.5 Å². The van der Waals surface area contributed by atoms with Crippen molar-refractivity contribution in [3.63, 3.8) is 0 Å². The standard InChI is InChI=1S/C12H14ClN5O/c13-12-15-10(17-3-5-19-6-4-17)9-11(16-12)18(7-14-9)8-1-2-8/h7-8H,1-6H2. The van der Waals surface area contributed by atoms with Crippen molar-refractivity contribution in [3.05, 3.63) is 11.6 Å². The van der Waals surface area contributed by atoms with Crippen LogP contribution in [0.3, 0.4) is 0 Å². The molecule has 1 saturated carbocycles. The molecule has 0 N–H and O–H groups in total. The zero-order valence-corrected chi connectivity index (χ0v) is 11.2. The highest BCUT2D eigenvalue weighted by Gasteiger charge is 2.28. The second-order valence-electron chi connectivity index (χ2n) is 4.97. The van der Waals surface area contributed by atoms with Crippen LogP contribution in [0.15, 0.2) is 6.33 Å². The van der Waals surface area contributed by atoms with Gasteiger partial charge in [-0.2, -0.15) is 9.97 Å². The van der Waals surface area contributed by atoms with Gasteiger partial charge in [0.15, 0.2) is 17.0 Å². The summed E-state index contributed by atoms with van der Waals surface area (Å²) in [7, 11) is 0. The van der Waals surface area contributed by atoms with Crippen molar-refractivity contribution in [3.8, 4) is 0 Å². The fourth-order valence-electron chi connectivity index (χ4n) is 2.49. The van der Waals surface area contributed by atoms with Gasteiger partial charge in [-0.3, -0.25) is 0 Å². The fraction of sp³-hybridized carbons (Fsp3) is 0.583. The number of hydrogen-bond acceptors (Lipinski definition) is 5. The van der Waals surface area contributed by atoms with E-state index in [0.717, 1.165) is 30.1 Å². The number of aromatic nitrogens is 4. The van der Waals surface area contributed by atoms with Crippen molar-refractivity contribution in [1.29, 1.82) is 0 Å². The molecule has 4 rings (SSSR count). The van der Waals surface area contributed by atoms with E-state index in [0.29, 0.717) is 19.3 Å². The second kappa shape index (κ2) is 4.31. The van der Waals surface area contributed by atoms with E-state index >= 15 is 0 Å². The number of fused-ring (bicyclic) bond motifs is 1. The van der Waals surface area contributed by atoms with Crippen LogP contribution in [0.2, 0.25) is 5.28 Å². The molecule has 7 heteroatoms. The summed E-state index contributed by atoms with van der Waals surface area (Å²) in [4.78, 5) is 15.4. The summed E-state index contributed by atoms with van der Waals surface area (Å²) < 4.78 is 7.49. The Balaban J connectivity index is 1.84. The van der Waals surface area contributed by atoms with Crippen LogP contribution in [-0.2, 0) is 4.74 Å². The molecule has 0 unspecified atom stereocenters. The molecule has 2 aromatic heterocycles. The lowest BCUT2D eigenvalue weighted by molar-refractivity contribution is 0.122. The average Bonchev–Trinajstić information content (AvgIpc) is 3.19. The second-order valence-corrected chi connectivity index (χ2v) is 5.31. The van der Waals surface area contributed by atoms with Gasteiger partial charge in [0.05, 0.1) is 19.5 Å². The minimum atomic E-state index is 0.288. The van der Waals surface area contributed by atoms with Gasteiger partial charge in [0.25, 0.3) is 0 Å². The number of morpholine rings is 1. The molecule has 19 heavy (non-hydrogen) atoms. The Kier molecular flexibility index (Phi) is 2.60. The zero-order valence-electron chi connectivity index (χ0n) is 10.4. The Morgan fingerprint density at radius 1 is 1.21 bits per heavy atom. The molecule has 1 saturated heterocycles. The van der Waals surface area contributed by atoms with Crippen LogP contribution in [0.4, 0.5) is 5.82 Å². The largest absolute Gasteiger partial charge is 0.378 e. The number of rotatable bonds is 2. The molecule has 0 atom stereocenters. The Morgan fingerprint density at radius 2 is 2.00 bits per heavy atom. The van der Waals surface area contributed by atoms with E-state index in [1.165, 1.54) is 12.8 Å². The lowest BCUT2D eigenvalue weighted by Gasteiger charge is -2.27. The number of ether oxygens (including phenoxy) is 1. The number of anilines is 1. The Morgan fingerprint density at radius 3 is 2.74 bits per heavy atom.